The van der Waals surface area contributed by atoms with E-state index in [0.717, 1.165) is 42.6 Å². The Kier molecular flexibility index (Phi) is 6.74. The Morgan fingerprint density at radius 2 is 2.15 bits per heavy atom. The first kappa shape index (κ1) is 22.4. The molecule has 5 rings (SSSR count). The Bertz CT molecular complexity index is 1320. The molecule has 4 aromatic rings. The van der Waals surface area contributed by atoms with Gasteiger partial charge in [0.1, 0.15) is 16.8 Å². The smallest absolute Gasteiger partial charge is 0.235 e. The van der Waals surface area contributed by atoms with Crippen molar-refractivity contribution in [2.75, 3.05) is 11.1 Å². The summed E-state index contributed by atoms with van der Waals surface area (Å²) in [5, 5.41) is 22.6. The molecule has 0 aliphatic heterocycles. The van der Waals surface area contributed by atoms with Crippen LogP contribution in [0.5, 0.6) is 0 Å². The van der Waals surface area contributed by atoms with E-state index in [1.54, 1.807) is 30.0 Å². The molecule has 0 saturated carbocycles. The van der Waals surface area contributed by atoms with E-state index in [4.69, 9.17) is 4.42 Å². The molecule has 4 heterocycles. The lowest BCUT2D eigenvalue weighted by Crippen LogP contribution is -2.15. The van der Waals surface area contributed by atoms with Crippen molar-refractivity contribution in [1.82, 2.24) is 19.7 Å². The number of nitrogens with zero attached hydrogens (tertiary/aromatic N) is 5. The Labute approximate surface area is 205 Å². The van der Waals surface area contributed by atoms with Gasteiger partial charge < -0.3 is 9.73 Å². The summed E-state index contributed by atoms with van der Waals surface area (Å²) in [5.74, 6) is 1.39. The van der Waals surface area contributed by atoms with Crippen LogP contribution in [-0.4, -0.2) is 31.4 Å². The van der Waals surface area contributed by atoms with E-state index in [9.17, 15) is 10.1 Å². The van der Waals surface area contributed by atoms with Gasteiger partial charge in [-0.2, -0.15) is 5.26 Å². The normalized spacial score (nSPS) is 13.1. The van der Waals surface area contributed by atoms with Gasteiger partial charge in [-0.1, -0.05) is 18.2 Å². The van der Waals surface area contributed by atoms with Gasteiger partial charge in [0, 0.05) is 22.8 Å². The number of pyridine rings is 1. The summed E-state index contributed by atoms with van der Waals surface area (Å²) < 4.78 is 7.44. The number of nitrogens with one attached hydrogen (secondary N) is 1. The summed E-state index contributed by atoms with van der Waals surface area (Å²) in [6.07, 6.45) is 10.4. The molecule has 1 aliphatic rings. The van der Waals surface area contributed by atoms with Crippen molar-refractivity contribution < 1.29 is 9.21 Å². The Hall–Kier alpha value is -3.42. The highest BCUT2D eigenvalue weighted by atomic mass is 32.2. The first-order valence-corrected chi connectivity index (χ1v) is 12.9. The highest BCUT2D eigenvalue weighted by Crippen LogP contribution is 2.37. The number of furan rings is 1. The third-order valence-corrected chi connectivity index (χ3v) is 7.82. The molecule has 0 saturated heterocycles. The van der Waals surface area contributed by atoms with Crippen molar-refractivity contribution in [3.05, 3.63) is 64.7 Å². The topological polar surface area (TPSA) is 110 Å². The van der Waals surface area contributed by atoms with Gasteiger partial charge in [-0.3, -0.25) is 14.3 Å². The molecule has 0 spiro atoms. The van der Waals surface area contributed by atoms with Crippen LogP contribution in [0.2, 0.25) is 0 Å². The van der Waals surface area contributed by atoms with Crippen molar-refractivity contribution in [2.24, 2.45) is 0 Å². The molecule has 1 aliphatic carbocycles. The zero-order valence-corrected chi connectivity index (χ0v) is 20.0. The van der Waals surface area contributed by atoms with Crippen LogP contribution in [0.4, 0.5) is 5.00 Å². The second-order valence-corrected chi connectivity index (χ2v) is 9.98. The van der Waals surface area contributed by atoms with E-state index in [0.29, 0.717) is 28.1 Å². The number of aryl methyl sites for hydroxylation is 1. The molecule has 4 aromatic heterocycles. The molecule has 0 atom stereocenters. The van der Waals surface area contributed by atoms with Crippen LogP contribution >= 0.6 is 23.1 Å². The van der Waals surface area contributed by atoms with Gasteiger partial charge in [0.2, 0.25) is 5.91 Å². The van der Waals surface area contributed by atoms with E-state index in [2.05, 4.69) is 26.6 Å². The lowest BCUT2D eigenvalue weighted by atomic mass is 10.1. The lowest BCUT2D eigenvalue weighted by molar-refractivity contribution is -0.113. The number of carbonyl (C=O) groups excluding carboxylic acids is 1. The second kappa shape index (κ2) is 10.2. The maximum absolute atomic E-state index is 12.8. The first-order valence-electron chi connectivity index (χ1n) is 11.1. The van der Waals surface area contributed by atoms with Crippen LogP contribution in [0.15, 0.2) is 52.5 Å². The van der Waals surface area contributed by atoms with Crippen molar-refractivity contribution in [1.29, 1.82) is 5.26 Å². The Morgan fingerprint density at radius 3 is 2.94 bits per heavy atom. The van der Waals surface area contributed by atoms with Crippen LogP contribution in [0.3, 0.4) is 0 Å². The fourth-order valence-corrected chi connectivity index (χ4v) is 6.04. The first-order chi connectivity index (χ1) is 16.7. The Morgan fingerprint density at radius 1 is 1.24 bits per heavy atom. The highest BCUT2D eigenvalue weighted by Gasteiger charge is 2.22. The molecule has 0 bridgehead atoms. The van der Waals surface area contributed by atoms with Crippen LogP contribution in [-0.2, 0) is 24.2 Å². The zero-order valence-electron chi connectivity index (χ0n) is 18.4. The predicted molar refractivity (Wildman–Crippen MR) is 131 cm³/mol. The van der Waals surface area contributed by atoms with Gasteiger partial charge in [0.15, 0.2) is 11.0 Å². The third-order valence-electron chi connectivity index (χ3n) is 5.65. The van der Waals surface area contributed by atoms with Crippen LogP contribution in [0, 0.1) is 11.3 Å². The number of anilines is 1. The molecule has 172 valence electrons. The van der Waals surface area contributed by atoms with E-state index in [1.165, 1.54) is 23.1 Å². The molecular weight excluding hydrogens is 468 g/mol. The molecule has 0 aromatic carbocycles. The van der Waals surface area contributed by atoms with Crippen LogP contribution in [0.25, 0.3) is 11.4 Å². The fraction of sp³-hybridized carbons (Fsp3) is 0.292. The van der Waals surface area contributed by atoms with Crippen molar-refractivity contribution in [3.8, 4) is 17.5 Å². The molecule has 8 nitrogen and oxygen atoms in total. The minimum atomic E-state index is -0.173. The average molecular weight is 491 g/mol. The molecule has 0 fully saturated rings. The molecule has 0 radical (unpaired) electrons. The van der Waals surface area contributed by atoms with Gasteiger partial charge in [-0.25, -0.2) is 0 Å². The average Bonchev–Trinajstić information content (AvgIpc) is 3.55. The van der Waals surface area contributed by atoms with Crippen molar-refractivity contribution in [3.63, 3.8) is 0 Å². The lowest BCUT2D eigenvalue weighted by Gasteiger charge is -2.09. The fourth-order valence-electron chi connectivity index (χ4n) is 4.05. The summed E-state index contributed by atoms with van der Waals surface area (Å²) in [4.78, 5) is 18.2. The number of fused-ring (bicyclic) bond motifs is 1. The quantitative estimate of drug-likeness (QED) is 0.289. The number of thioether (sulfide) groups is 1. The van der Waals surface area contributed by atoms with Crippen LogP contribution in [0.1, 0.15) is 41.0 Å². The van der Waals surface area contributed by atoms with Gasteiger partial charge in [-0.05, 0) is 55.5 Å². The largest absolute Gasteiger partial charge is 0.467 e. The molecule has 1 amide bonds. The third kappa shape index (κ3) is 4.76. The van der Waals surface area contributed by atoms with Crippen LogP contribution < -0.4 is 5.32 Å². The number of carbonyl (C=O) groups is 1. The molecule has 0 unspecified atom stereocenters. The van der Waals surface area contributed by atoms with E-state index in [-0.39, 0.29) is 11.7 Å². The SMILES string of the molecule is N#Cc1c(NC(=O)CSc2nnc(-c3cccnc3)n2Cc2ccco2)sc2c1CCCCC2. The van der Waals surface area contributed by atoms with E-state index in [1.807, 2.05) is 28.8 Å². The van der Waals surface area contributed by atoms with E-state index < -0.39 is 0 Å². The minimum absolute atomic E-state index is 0.150. The minimum Gasteiger partial charge on any atom is -0.467 e. The van der Waals surface area contributed by atoms with Crippen molar-refractivity contribution >= 4 is 34.0 Å². The van der Waals surface area contributed by atoms with Gasteiger partial charge in [0.05, 0.1) is 24.1 Å². The summed E-state index contributed by atoms with van der Waals surface area (Å²) >= 11 is 2.84. The number of nitriles is 1. The maximum Gasteiger partial charge on any atom is 0.235 e. The summed E-state index contributed by atoms with van der Waals surface area (Å²) in [7, 11) is 0. The number of aromatic nitrogens is 4. The van der Waals surface area contributed by atoms with Gasteiger partial charge >= 0.3 is 0 Å². The monoisotopic (exact) mass is 490 g/mol. The molecule has 10 heteroatoms. The summed E-state index contributed by atoms with van der Waals surface area (Å²) in [6, 6.07) is 9.79. The maximum atomic E-state index is 12.8. The Balaban J connectivity index is 1.33. The summed E-state index contributed by atoms with van der Waals surface area (Å²) in [6.45, 7) is 0.435. The van der Waals surface area contributed by atoms with E-state index >= 15 is 0 Å². The van der Waals surface area contributed by atoms with Gasteiger partial charge in [0.25, 0.3) is 0 Å². The number of hydrogen-bond donors (Lipinski definition) is 1. The van der Waals surface area contributed by atoms with Crippen molar-refractivity contribution in [2.45, 2.75) is 43.8 Å². The molecule has 1 N–H and O–H groups in total. The number of hydrogen-bond acceptors (Lipinski definition) is 8. The highest BCUT2D eigenvalue weighted by molar-refractivity contribution is 7.99. The number of thiophene rings is 1. The molecule has 34 heavy (non-hydrogen) atoms. The zero-order chi connectivity index (χ0) is 23.3. The van der Waals surface area contributed by atoms with Gasteiger partial charge in [-0.15, -0.1) is 21.5 Å². The summed E-state index contributed by atoms with van der Waals surface area (Å²) in [5.41, 5.74) is 2.57. The second-order valence-electron chi connectivity index (χ2n) is 7.93. The molecular formula is C24H22N6O2S2. The predicted octanol–water partition coefficient (Wildman–Crippen LogP) is 4.91. The number of rotatable bonds is 7. The number of amides is 1. The standard InChI is InChI=1S/C24H22N6O2S2/c25-12-19-18-8-2-1-3-9-20(18)34-23(19)27-21(31)15-33-24-29-28-22(16-6-4-10-26-13-16)30(24)14-17-7-5-11-32-17/h4-7,10-11,13H,1-3,8-9,14-15H2,(H,27,31).